The molecule has 2 aromatic carbocycles. The molecule has 0 saturated heterocycles. The molecule has 0 amide bonds. The lowest BCUT2D eigenvalue weighted by Crippen LogP contribution is -2.30. The largest absolute Gasteiger partial charge is 0.387 e. The first-order valence-electron chi connectivity index (χ1n) is 6.18. The zero-order valence-corrected chi connectivity index (χ0v) is 11.9. The van der Waals surface area contributed by atoms with Crippen LogP contribution < -0.4 is 4.72 Å². The van der Waals surface area contributed by atoms with E-state index in [9.17, 15) is 26.7 Å². The topological polar surface area (TPSA) is 66.4 Å². The minimum Gasteiger partial charge on any atom is -0.387 e. The quantitative estimate of drug-likeness (QED) is 0.882. The number of aliphatic hydroxyl groups excluding tert-OH is 1. The molecule has 0 heterocycles. The lowest BCUT2D eigenvalue weighted by atomic mass is 10.1. The minimum atomic E-state index is -4.47. The first-order chi connectivity index (χ1) is 10.3. The second kappa shape index (κ2) is 6.47. The molecule has 4 nitrogen and oxygen atoms in total. The van der Waals surface area contributed by atoms with Crippen LogP contribution in [0.4, 0.5) is 13.2 Å². The highest BCUT2D eigenvalue weighted by Gasteiger charge is 2.24. The van der Waals surface area contributed by atoms with Crippen LogP contribution in [0, 0.1) is 17.5 Å². The van der Waals surface area contributed by atoms with Crippen LogP contribution in [0.2, 0.25) is 0 Å². The molecule has 22 heavy (non-hydrogen) atoms. The Bertz CT molecular complexity index is 743. The fourth-order valence-corrected chi connectivity index (χ4v) is 2.97. The number of halogens is 3. The van der Waals surface area contributed by atoms with E-state index in [1.807, 2.05) is 4.72 Å². The van der Waals surface area contributed by atoms with E-state index in [0.29, 0.717) is 0 Å². The Morgan fingerprint density at radius 2 is 1.55 bits per heavy atom. The van der Waals surface area contributed by atoms with E-state index in [4.69, 9.17) is 0 Å². The summed E-state index contributed by atoms with van der Waals surface area (Å²) < 4.78 is 65.4. The molecule has 0 aromatic heterocycles. The molecule has 2 aromatic rings. The second-order valence-corrected chi connectivity index (χ2v) is 6.17. The molecule has 0 aliphatic heterocycles. The molecular formula is C14H12F3NO3S. The van der Waals surface area contributed by atoms with Gasteiger partial charge in [-0.15, -0.1) is 0 Å². The van der Waals surface area contributed by atoms with Gasteiger partial charge in [0.2, 0.25) is 10.0 Å². The van der Waals surface area contributed by atoms with Crippen molar-refractivity contribution >= 4 is 10.0 Å². The Kier molecular flexibility index (Phi) is 4.84. The maximum absolute atomic E-state index is 13.5. The SMILES string of the molecule is O=S(=O)(NCC(O)c1ccc(F)cc1)c1c(F)cccc1F. The molecule has 0 bridgehead atoms. The van der Waals surface area contributed by atoms with Crippen molar-refractivity contribution in [1.29, 1.82) is 0 Å². The van der Waals surface area contributed by atoms with E-state index in [-0.39, 0.29) is 5.56 Å². The number of hydrogen-bond donors (Lipinski definition) is 2. The normalized spacial score (nSPS) is 13.1. The van der Waals surface area contributed by atoms with Gasteiger partial charge in [-0.25, -0.2) is 26.3 Å². The van der Waals surface area contributed by atoms with Crippen LogP contribution in [0.5, 0.6) is 0 Å². The molecule has 0 saturated carbocycles. The van der Waals surface area contributed by atoms with Gasteiger partial charge in [-0.2, -0.15) is 0 Å². The molecule has 2 rings (SSSR count). The average molecular weight is 331 g/mol. The Labute approximate surface area is 125 Å². The Morgan fingerprint density at radius 1 is 1.00 bits per heavy atom. The van der Waals surface area contributed by atoms with Crippen LogP contribution in [0.3, 0.4) is 0 Å². The monoisotopic (exact) mass is 331 g/mol. The van der Waals surface area contributed by atoms with Crippen LogP contribution in [-0.2, 0) is 10.0 Å². The summed E-state index contributed by atoms with van der Waals surface area (Å²) in [6, 6.07) is 7.42. The van der Waals surface area contributed by atoms with Crippen molar-refractivity contribution in [3.8, 4) is 0 Å². The number of aliphatic hydroxyl groups is 1. The molecule has 0 fully saturated rings. The number of benzene rings is 2. The van der Waals surface area contributed by atoms with Crippen molar-refractivity contribution in [3.05, 3.63) is 65.5 Å². The number of sulfonamides is 1. The molecule has 0 radical (unpaired) electrons. The van der Waals surface area contributed by atoms with Crippen molar-refractivity contribution < 1.29 is 26.7 Å². The van der Waals surface area contributed by atoms with Gasteiger partial charge in [-0.1, -0.05) is 18.2 Å². The van der Waals surface area contributed by atoms with Gasteiger partial charge in [0, 0.05) is 6.54 Å². The Morgan fingerprint density at radius 3 is 2.09 bits per heavy atom. The molecule has 118 valence electrons. The van der Waals surface area contributed by atoms with Gasteiger partial charge in [0.1, 0.15) is 17.5 Å². The van der Waals surface area contributed by atoms with E-state index in [1.165, 1.54) is 12.1 Å². The van der Waals surface area contributed by atoms with Gasteiger partial charge < -0.3 is 5.11 Å². The van der Waals surface area contributed by atoms with E-state index in [2.05, 4.69) is 0 Å². The molecule has 8 heteroatoms. The Hall–Kier alpha value is -1.90. The molecule has 2 N–H and O–H groups in total. The van der Waals surface area contributed by atoms with Gasteiger partial charge in [0.05, 0.1) is 6.10 Å². The average Bonchev–Trinajstić information content (AvgIpc) is 2.45. The summed E-state index contributed by atoms with van der Waals surface area (Å²) in [7, 11) is -4.47. The summed E-state index contributed by atoms with van der Waals surface area (Å²) >= 11 is 0. The molecule has 1 unspecified atom stereocenters. The summed E-state index contributed by atoms with van der Waals surface area (Å²) in [5, 5.41) is 9.82. The van der Waals surface area contributed by atoms with Crippen molar-refractivity contribution in [3.63, 3.8) is 0 Å². The van der Waals surface area contributed by atoms with E-state index < -0.39 is 45.0 Å². The molecule has 1 atom stereocenters. The van der Waals surface area contributed by atoms with Gasteiger partial charge >= 0.3 is 0 Å². The van der Waals surface area contributed by atoms with Gasteiger partial charge in [-0.3, -0.25) is 0 Å². The molecule has 0 spiro atoms. The number of nitrogens with one attached hydrogen (secondary N) is 1. The Balaban J connectivity index is 2.14. The maximum atomic E-state index is 13.5. The number of hydrogen-bond acceptors (Lipinski definition) is 3. The third kappa shape index (κ3) is 3.65. The zero-order chi connectivity index (χ0) is 16.3. The summed E-state index contributed by atoms with van der Waals surface area (Å²) in [4.78, 5) is -1.11. The smallest absolute Gasteiger partial charge is 0.246 e. The highest BCUT2D eigenvalue weighted by atomic mass is 32.2. The molecule has 0 aliphatic carbocycles. The van der Waals surface area contributed by atoms with E-state index in [1.54, 1.807) is 0 Å². The van der Waals surface area contributed by atoms with Gasteiger partial charge in [-0.05, 0) is 29.8 Å². The van der Waals surface area contributed by atoms with Crippen LogP contribution >= 0.6 is 0 Å². The fraction of sp³-hybridized carbons (Fsp3) is 0.143. The zero-order valence-electron chi connectivity index (χ0n) is 11.1. The summed E-state index contributed by atoms with van der Waals surface area (Å²) in [6.45, 7) is -0.512. The van der Waals surface area contributed by atoms with Crippen LogP contribution in [0.25, 0.3) is 0 Å². The maximum Gasteiger partial charge on any atom is 0.246 e. The summed E-state index contributed by atoms with van der Waals surface area (Å²) in [5.41, 5.74) is 0.262. The summed E-state index contributed by atoms with van der Waals surface area (Å²) in [5.74, 6) is -2.97. The lowest BCUT2D eigenvalue weighted by Gasteiger charge is -2.13. The van der Waals surface area contributed by atoms with Crippen molar-refractivity contribution in [2.45, 2.75) is 11.0 Å². The van der Waals surface area contributed by atoms with Gasteiger partial charge in [0.25, 0.3) is 0 Å². The van der Waals surface area contributed by atoms with Crippen molar-refractivity contribution in [2.75, 3.05) is 6.54 Å². The first-order valence-corrected chi connectivity index (χ1v) is 7.67. The van der Waals surface area contributed by atoms with Crippen LogP contribution in [-0.4, -0.2) is 20.1 Å². The standard InChI is InChI=1S/C14H12F3NO3S/c15-10-6-4-9(5-7-10)13(19)8-18-22(20,21)14-11(16)2-1-3-12(14)17/h1-7,13,18-19H,8H2. The minimum absolute atomic E-state index is 0.262. The predicted molar refractivity (Wildman–Crippen MR) is 72.9 cm³/mol. The van der Waals surface area contributed by atoms with Gasteiger partial charge in [0.15, 0.2) is 4.90 Å². The van der Waals surface area contributed by atoms with Crippen molar-refractivity contribution in [2.24, 2.45) is 0 Å². The van der Waals surface area contributed by atoms with Crippen molar-refractivity contribution in [1.82, 2.24) is 4.72 Å². The van der Waals surface area contributed by atoms with Crippen LogP contribution in [0.1, 0.15) is 11.7 Å². The lowest BCUT2D eigenvalue weighted by molar-refractivity contribution is 0.182. The first kappa shape index (κ1) is 16.5. The second-order valence-electron chi connectivity index (χ2n) is 4.47. The van der Waals surface area contributed by atoms with E-state index >= 15 is 0 Å². The molecular weight excluding hydrogens is 319 g/mol. The number of rotatable bonds is 5. The fourth-order valence-electron chi connectivity index (χ4n) is 1.80. The highest BCUT2D eigenvalue weighted by Crippen LogP contribution is 2.19. The van der Waals surface area contributed by atoms with Crippen LogP contribution in [0.15, 0.2) is 47.4 Å². The summed E-state index contributed by atoms with van der Waals surface area (Å²) in [6.07, 6.45) is -1.29. The van der Waals surface area contributed by atoms with E-state index in [0.717, 1.165) is 30.3 Å². The third-order valence-corrected chi connectivity index (χ3v) is 4.38. The molecule has 0 aliphatic rings. The highest BCUT2D eigenvalue weighted by molar-refractivity contribution is 7.89. The predicted octanol–water partition coefficient (Wildman–Crippen LogP) is 2.12. The third-order valence-electron chi connectivity index (χ3n) is 2.91.